The van der Waals surface area contributed by atoms with Gasteiger partial charge in [0.05, 0.1) is 19.3 Å². The second-order valence-electron chi connectivity index (χ2n) is 7.81. The van der Waals surface area contributed by atoms with Gasteiger partial charge >= 0.3 is 0 Å². The van der Waals surface area contributed by atoms with Crippen LogP contribution >= 0.6 is 0 Å². The van der Waals surface area contributed by atoms with Gasteiger partial charge < -0.3 is 19.3 Å². The monoisotopic (exact) mass is 394 g/mol. The normalized spacial score (nSPS) is 19.1. The van der Waals surface area contributed by atoms with Crippen LogP contribution in [0.1, 0.15) is 31.2 Å². The van der Waals surface area contributed by atoms with E-state index in [4.69, 9.17) is 14.0 Å². The average molecular weight is 394 g/mol. The fourth-order valence-electron chi connectivity index (χ4n) is 3.45. The summed E-state index contributed by atoms with van der Waals surface area (Å²) >= 11 is 0. The quantitative estimate of drug-likeness (QED) is 0.657. The van der Waals surface area contributed by atoms with Crippen molar-refractivity contribution in [3.63, 3.8) is 0 Å². The fraction of sp³-hybridized carbons (Fsp3) is 0.409. The first-order chi connectivity index (χ1) is 14.1. The van der Waals surface area contributed by atoms with Gasteiger partial charge in [0.25, 0.3) is 5.89 Å². The van der Waals surface area contributed by atoms with Crippen molar-refractivity contribution in [2.75, 3.05) is 26.8 Å². The van der Waals surface area contributed by atoms with Crippen molar-refractivity contribution in [3.8, 4) is 23.1 Å². The number of piperidine rings is 1. The summed E-state index contributed by atoms with van der Waals surface area (Å²) in [4.78, 5) is 8.88. The van der Waals surface area contributed by atoms with Gasteiger partial charge in [-0.3, -0.25) is 0 Å². The van der Waals surface area contributed by atoms with Gasteiger partial charge in [-0.2, -0.15) is 4.98 Å². The van der Waals surface area contributed by atoms with Crippen LogP contribution in [0.15, 0.2) is 47.1 Å². The largest absolute Gasteiger partial charge is 0.497 e. The van der Waals surface area contributed by atoms with Gasteiger partial charge in [0.1, 0.15) is 5.75 Å². The summed E-state index contributed by atoms with van der Waals surface area (Å²) < 4.78 is 16.5. The Balaban J connectivity index is 1.36. The highest BCUT2D eigenvalue weighted by Crippen LogP contribution is 2.27. The number of hydrogen-bond acceptors (Lipinski definition) is 7. The van der Waals surface area contributed by atoms with Gasteiger partial charge in [0, 0.05) is 30.6 Å². The second kappa shape index (κ2) is 8.61. The molecule has 7 heteroatoms. The third-order valence-corrected chi connectivity index (χ3v) is 5.23. The third kappa shape index (κ3) is 4.92. The Morgan fingerprint density at radius 1 is 1.17 bits per heavy atom. The highest BCUT2D eigenvalue weighted by Gasteiger charge is 2.27. The minimum Gasteiger partial charge on any atom is -0.497 e. The van der Waals surface area contributed by atoms with Crippen LogP contribution in [0.5, 0.6) is 11.6 Å². The van der Waals surface area contributed by atoms with Gasteiger partial charge in [-0.25, -0.2) is 4.98 Å². The zero-order chi connectivity index (χ0) is 20.1. The number of methoxy groups -OCH3 is 1. The molecule has 1 aromatic carbocycles. The van der Waals surface area contributed by atoms with E-state index in [1.807, 2.05) is 36.4 Å². The summed E-state index contributed by atoms with van der Waals surface area (Å²) in [7, 11) is 1.65. The first-order valence-electron chi connectivity index (χ1n) is 9.89. The van der Waals surface area contributed by atoms with Crippen molar-refractivity contribution in [1.82, 2.24) is 20.4 Å². The molecule has 0 radical (unpaired) electrons. The number of ether oxygens (including phenoxy) is 2. The molecule has 1 aliphatic rings. The van der Waals surface area contributed by atoms with Crippen LogP contribution in [0, 0.1) is 5.41 Å². The zero-order valence-corrected chi connectivity index (χ0v) is 16.9. The van der Waals surface area contributed by atoms with Gasteiger partial charge in [0.15, 0.2) is 5.82 Å². The van der Waals surface area contributed by atoms with E-state index in [-0.39, 0.29) is 5.41 Å². The van der Waals surface area contributed by atoms with E-state index in [9.17, 15) is 0 Å². The predicted molar refractivity (Wildman–Crippen MR) is 109 cm³/mol. The van der Waals surface area contributed by atoms with Crippen molar-refractivity contribution in [2.45, 2.75) is 26.2 Å². The maximum absolute atomic E-state index is 5.91. The highest BCUT2D eigenvalue weighted by atomic mass is 16.5. The molecule has 0 amide bonds. The van der Waals surface area contributed by atoms with Crippen molar-refractivity contribution < 1.29 is 14.0 Å². The number of rotatable bonds is 7. The summed E-state index contributed by atoms with van der Waals surface area (Å²) in [5, 5.41) is 7.51. The number of benzene rings is 1. The van der Waals surface area contributed by atoms with E-state index < -0.39 is 0 Å². The van der Waals surface area contributed by atoms with E-state index in [0.717, 1.165) is 36.4 Å². The lowest BCUT2D eigenvalue weighted by Gasteiger charge is -2.33. The molecular formula is C22H26N4O3. The van der Waals surface area contributed by atoms with Crippen LogP contribution in [0.4, 0.5) is 0 Å². The molecule has 0 spiro atoms. The van der Waals surface area contributed by atoms with E-state index in [1.54, 1.807) is 13.3 Å². The lowest BCUT2D eigenvalue weighted by Crippen LogP contribution is -2.41. The van der Waals surface area contributed by atoms with Crippen LogP contribution in [0.3, 0.4) is 0 Å². The van der Waals surface area contributed by atoms with E-state index >= 15 is 0 Å². The molecule has 0 saturated carbocycles. The minimum atomic E-state index is 0.154. The number of nitrogens with zero attached hydrogens (tertiary/aromatic N) is 3. The lowest BCUT2D eigenvalue weighted by atomic mass is 9.84. The molecule has 3 aromatic rings. The molecule has 152 valence electrons. The molecule has 1 N–H and O–H groups in total. The van der Waals surface area contributed by atoms with Crippen LogP contribution in [0.25, 0.3) is 11.5 Å². The van der Waals surface area contributed by atoms with E-state index in [0.29, 0.717) is 30.6 Å². The SMILES string of the molecule is COc1ccc(Cc2noc(-c3ccc(OC[C@@]4(C)CCCNC4)nc3)n2)cc1. The summed E-state index contributed by atoms with van der Waals surface area (Å²) in [5.74, 6) is 2.52. The molecule has 4 rings (SSSR count). The summed E-state index contributed by atoms with van der Waals surface area (Å²) in [6, 6.07) is 11.6. The van der Waals surface area contributed by atoms with Crippen molar-refractivity contribution >= 4 is 0 Å². The molecule has 2 aromatic heterocycles. The lowest BCUT2D eigenvalue weighted by molar-refractivity contribution is 0.125. The minimum absolute atomic E-state index is 0.154. The molecule has 0 unspecified atom stereocenters. The molecule has 0 aliphatic carbocycles. The number of nitrogens with one attached hydrogen (secondary N) is 1. The molecular weight excluding hydrogens is 368 g/mol. The Bertz CT molecular complexity index is 916. The fourth-order valence-corrected chi connectivity index (χ4v) is 3.45. The van der Waals surface area contributed by atoms with Crippen LogP contribution < -0.4 is 14.8 Å². The van der Waals surface area contributed by atoms with Crippen LogP contribution in [-0.4, -0.2) is 41.9 Å². The predicted octanol–water partition coefficient (Wildman–Crippen LogP) is 3.50. The van der Waals surface area contributed by atoms with Crippen molar-refractivity contribution in [1.29, 1.82) is 0 Å². The maximum atomic E-state index is 5.91. The number of hydrogen-bond donors (Lipinski definition) is 1. The Kier molecular flexibility index (Phi) is 5.76. The summed E-state index contributed by atoms with van der Waals surface area (Å²) in [6.07, 6.45) is 4.65. The smallest absolute Gasteiger partial charge is 0.259 e. The Labute approximate surface area is 170 Å². The van der Waals surface area contributed by atoms with Gasteiger partial charge in [-0.15, -0.1) is 0 Å². The standard InChI is InChI=1S/C22H26N4O3/c1-22(10-3-11-23-14-22)15-28-20-9-6-17(13-24-20)21-25-19(26-29-21)12-16-4-7-18(27-2)8-5-16/h4-9,13,23H,3,10-12,14-15H2,1-2H3/t22-/m0/s1. The Hall–Kier alpha value is -2.93. The van der Waals surface area contributed by atoms with E-state index in [2.05, 4.69) is 27.4 Å². The average Bonchev–Trinajstić information content (AvgIpc) is 3.22. The molecule has 29 heavy (non-hydrogen) atoms. The van der Waals surface area contributed by atoms with E-state index in [1.165, 1.54) is 6.42 Å². The first kappa shape index (κ1) is 19.4. The van der Waals surface area contributed by atoms with Crippen LogP contribution in [0.2, 0.25) is 0 Å². The number of aromatic nitrogens is 3. The molecule has 1 aliphatic heterocycles. The van der Waals surface area contributed by atoms with Crippen LogP contribution in [-0.2, 0) is 6.42 Å². The number of pyridine rings is 1. The molecule has 1 saturated heterocycles. The molecule has 0 bridgehead atoms. The van der Waals surface area contributed by atoms with Gasteiger partial charge in [0.2, 0.25) is 5.88 Å². The maximum Gasteiger partial charge on any atom is 0.259 e. The van der Waals surface area contributed by atoms with Gasteiger partial charge in [-0.1, -0.05) is 24.2 Å². The molecule has 7 nitrogen and oxygen atoms in total. The van der Waals surface area contributed by atoms with Crippen molar-refractivity contribution in [3.05, 3.63) is 54.0 Å². The summed E-state index contributed by atoms with van der Waals surface area (Å²) in [5.41, 5.74) is 2.02. The molecule has 1 fully saturated rings. The molecule has 1 atom stereocenters. The van der Waals surface area contributed by atoms with Crippen molar-refractivity contribution in [2.24, 2.45) is 5.41 Å². The highest BCUT2D eigenvalue weighted by molar-refractivity contribution is 5.51. The topological polar surface area (TPSA) is 82.3 Å². The Morgan fingerprint density at radius 2 is 2.03 bits per heavy atom. The first-order valence-corrected chi connectivity index (χ1v) is 9.89. The summed E-state index contributed by atoms with van der Waals surface area (Å²) in [6.45, 7) is 4.96. The third-order valence-electron chi connectivity index (χ3n) is 5.23. The zero-order valence-electron chi connectivity index (χ0n) is 16.9. The second-order valence-corrected chi connectivity index (χ2v) is 7.81. The Morgan fingerprint density at radius 3 is 2.72 bits per heavy atom. The van der Waals surface area contributed by atoms with Gasteiger partial charge in [-0.05, 0) is 43.1 Å². The molecule has 3 heterocycles.